The molecule has 0 aliphatic heterocycles. The molecule has 0 N–H and O–H groups in total. The maximum atomic E-state index is 9.50. The first-order valence-electron chi connectivity index (χ1n) is 7.06. The van der Waals surface area contributed by atoms with Crippen molar-refractivity contribution in [2.45, 2.75) is 6.92 Å². The summed E-state index contributed by atoms with van der Waals surface area (Å²) < 4.78 is 1.01. The van der Waals surface area contributed by atoms with Gasteiger partial charge < -0.3 is 0 Å². The lowest BCUT2D eigenvalue weighted by Gasteiger charge is -2.00. The van der Waals surface area contributed by atoms with Crippen molar-refractivity contribution in [3.8, 4) is 17.3 Å². The molecule has 0 radical (unpaired) electrons. The molecule has 1 heterocycles. The fourth-order valence-corrected chi connectivity index (χ4v) is 3.42. The third-order valence-electron chi connectivity index (χ3n) is 3.46. The molecule has 0 saturated heterocycles. The van der Waals surface area contributed by atoms with E-state index in [-0.39, 0.29) is 0 Å². The van der Waals surface area contributed by atoms with Crippen LogP contribution in [0.2, 0.25) is 0 Å². The van der Waals surface area contributed by atoms with Crippen LogP contribution < -0.4 is 0 Å². The quantitative estimate of drug-likeness (QED) is 0.526. The summed E-state index contributed by atoms with van der Waals surface area (Å²) >= 11 is 4.96. The summed E-state index contributed by atoms with van der Waals surface area (Å²) in [5.74, 6) is 0. The number of hydrogen-bond donors (Lipinski definition) is 0. The Balaban J connectivity index is 1.98. The minimum atomic E-state index is 0.588. The Morgan fingerprint density at radius 3 is 2.78 bits per heavy atom. The topological polar surface area (TPSA) is 36.7 Å². The Hall–Kier alpha value is -2.22. The van der Waals surface area contributed by atoms with E-state index in [1.54, 1.807) is 0 Å². The Morgan fingerprint density at radius 2 is 2.04 bits per heavy atom. The van der Waals surface area contributed by atoms with Crippen LogP contribution in [0, 0.1) is 18.3 Å². The van der Waals surface area contributed by atoms with Crippen LogP contribution in [-0.2, 0) is 0 Å². The van der Waals surface area contributed by atoms with Gasteiger partial charge in [-0.05, 0) is 36.3 Å². The number of nitrogens with zero attached hydrogens (tertiary/aromatic N) is 2. The van der Waals surface area contributed by atoms with Gasteiger partial charge in [-0.3, -0.25) is 0 Å². The number of thiazole rings is 1. The van der Waals surface area contributed by atoms with Crippen molar-refractivity contribution in [2.24, 2.45) is 0 Å². The molecule has 0 atom stereocenters. The molecule has 0 unspecified atom stereocenters. The van der Waals surface area contributed by atoms with E-state index in [1.165, 1.54) is 11.3 Å². The molecule has 0 bridgehead atoms. The molecule has 0 fully saturated rings. The van der Waals surface area contributed by atoms with Crippen molar-refractivity contribution in [1.29, 1.82) is 5.26 Å². The highest BCUT2D eigenvalue weighted by Gasteiger charge is 2.09. The van der Waals surface area contributed by atoms with Crippen LogP contribution in [0.3, 0.4) is 0 Å². The Morgan fingerprint density at radius 1 is 1.22 bits per heavy atom. The summed E-state index contributed by atoms with van der Waals surface area (Å²) in [6, 6.07) is 18.3. The van der Waals surface area contributed by atoms with Gasteiger partial charge in [0, 0.05) is 15.4 Å². The van der Waals surface area contributed by atoms with Crippen molar-refractivity contribution >= 4 is 38.9 Å². The van der Waals surface area contributed by atoms with E-state index in [0.29, 0.717) is 5.57 Å². The van der Waals surface area contributed by atoms with Crippen molar-refractivity contribution in [1.82, 2.24) is 4.98 Å². The number of allylic oxidation sites excluding steroid dienone is 1. The third kappa shape index (κ3) is 3.58. The van der Waals surface area contributed by atoms with Crippen LogP contribution in [-0.4, -0.2) is 4.98 Å². The summed E-state index contributed by atoms with van der Waals surface area (Å²) in [6.45, 7) is 2.04. The molecule has 2 aromatic carbocycles. The number of rotatable bonds is 3. The third-order valence-corrected chi connectivity index (χ3v) is 4.83. The lowest BCUT2D eigenvalue weighted by atomic mass is 10.1. The monoisotopic (exact) mass is 380 g/mol. The molecule has 3 aromatic rings. The summed E-state index contributed by atoms with van der Waals surface area (Å²) in [5, 5.41) is 12.2. The molecule has 23 heavy (non-hydrogen) atoms. The first-order chi connectivity index (χ1) is 11.2. The molecule has 4 heteroatoms. The molecule has 1 aromatic heterocycles. The van der Waals surface area contributed by atoms with Gasteiger partial charge in [-0.25, -0.2) is 4.98 Å². The van der Waals surface area contributed by atoms with E-state index in [4.69, 9.17) is 0 Å². The van der Waals surface area contributed by atoms with E-state index < -0.39 is 0 Å². The summed E-state index contributed by atoms with van der Waals surface area (Å²) in [4.78, 5) is 4.63. The second-order valence-electron chi connectivity index (χ2n) is 5.07. The van der Waals surface area contributed by atoms with Gasteiger partial charge in [-0.1, -0.05) is 52.3 Å². The van der Waals surface area contributed by atoms with Crippen LogP contribution in [0.25, 0.3) is 22.9 Å². The molecule has 0 aliphatic carbocycles. The zero-order valence-corrected chi connectivity index (χ0v) is 14.9. The molecular formula is C19H13BrN2S. The Bertz CT molecular complexity index is 919. The summed E-state index contributed by atoms with van der Waals surface area (Å²) in [6.07, 6.45) is 1.90. The van der Waals surface area contributed by atoms with E-state index in [1.807, 2.05) is 66.9 Å². The van der Waals surface area contributed by atoms with Gasteiger partial charge in [-0.2, -0.15) is 5.26 Å². The molecule has 0 aliphatic rings. The van der Waals surface area contributed by atoms with E-state index in [2.05, 4.69) is 27.0 Å². The van der Waals surface area contributed by atoms with Gasteiger partial charge >= 0.3 is 0 Å². The van der Waals surface area contributed by atoms with Crippen LogP contribution in [0.1, 0.15) is 16.1 Å². The van der Waals surface area contributed by atoms with Crippen molar-refractivity contribution in [3.63, 3.8) is 0 Å². The van der Waals surface area contributed by atoms with Crippen molar-refractivity contribution in [3.05, 3.63) is 74.5 Å². The smallest absolute Gasteiger partial charge is 0.134 e. The van der Waals surface area contributed by atoms with Gasteiger partial charge in [-0.15, -0.1) is 11.3 Å². The molecule has 0 amide bonds. The predicted octanol–water partition coefficient (Wildman–Crippen LogP) is 5.95. The van der Waals surface area contributed by atoms with Crippen molar-refractivity contribution in [2.75, 3.05) is 0 Å². The number of nitriles is 1. The minimum absolute atomic E-state index is 0.588. The Kier molecular flexibility index (Phi) is 4.71. The number of benzene rings is 2. The van der Waals surface area contributed by atoms with Gasteiger partial charge in [0.15, 0.2) is 0 Å². The highest BCUT2D eigenvalue weighted by molar-refractivity contribution is 9.10. The molecule has 0 saturated carbocycles. The standard InChI is InChI=1S/C19H13BrN2S/c1-13-5-2-3-6-14(13)9-16(11-21)19-22-18(12-23-19)15-7-4-8-17(20)10-15/h2-10,12H,1H3. The predicted molar refractivity (Wildman–Crippen MR) is 99.9 cm³/mol. The highest BCUT2D eigenvalue weighted by Crippen LogP contribution is 2.28. The first kappa shape index (κ1) is 15.7. The van der Waals surface area contributed by atoms with Gasteiger partial charge in [0.05, 0.1) is 11.3 Å². The molecule has 0 spiro atoms. The normalized spacial score (nSPS) is 11.3. The van der Waals surface area contributed by atoms with E-state index in [9.17, 15) is 5.26 Å². The average Bonchev–Trinajstić information content (AvgIpc) is 3.04. The SMILES string of the molecule is Cc1ccccc1C=C(C#N)c1nc(-c2cccc(Br)c2)cs1. The van der Waals surface area contributed by atoms with Crippen LogP contribution in [0.5, 0.6) is 0 Å². The summed E-state index contributed by atoms with van der Waals surface area (Å²) in [7, 11) is 0. The van der Waals surface area contributed by atoms with Crippen LogP contribution in [0.15, 0.2) is 58.4 Å². The zero-order chi connectivity index (χ0) is 16.2. The molecular weight excluding hydrogens is 368 g/mol. The number of halogens is 1. The number of hydrogen-bond acceptors (Lipinski definition) is 3. The van der Waals surface area contributed by atoms with Crippen LogP contribution >= 0.6 is 27.3 Å². The molecule has 3 rings (SSSR count). The second kappa shape index (κ2) is 6.91. The largest absolute Gasteiger partial charge is 0.235 e. The Labute approximate surface area is 147 Å². The fourth-order valence-electron chi connectivity index (χ4n) is 2.22. The lowest BCUT2D eigenvalue weighted by molar-refractivity contribution is 1.36. The van der Waals surface area contributed by atoms with Gasteiger partial charge in [0.2, 0.25) is 0 Å². The number of aromatic nitrogens is 1. The second-order valence-corrected chi connectivity index (χ2v) is 6.85. The van der Waals surface area contributed by atoms with Gasteiger partial charge in [0.25, 0.3) is 0 Å². The minimum Gasteiger partial charge on any atom is -0.235 e. The van der Waals surface area contributed by atoms with E-state index in [0.717, 1.165) is 31.9 Å². The lowest BCUT2D eigenvalue weighted by Crippen LogP contribution is -1.85. The fraction of sp³-hybridized carbons (Fsp3) is 0.0526. The maximum Gasteiger partial charge on any atom is 0.134 e. The van der Waals surface area contributed by atoms with Crippen LogP contribution in [0.4, 0.5) is 0 Å². The average molecular weight is 381 g/mol. The summed E-state index contributed by atoms with van der Waals surface area (Å²) in [5.41, 5.74) is 4.70. The highest BCUT2D eigenvalue weighted by atomic mass is 79.9. The van der Waals surface area contributed by atoms with E-state index >= 15 is 0 Å². The first-order valence-corrected chi connectivity index (χ1v) is 8.74. The molecule has 2 nitrogen and oxygen atoms in total. The zero-order valence-electron chi connectivity index (χ0n) is 12.5. The van der Waals surface area contributed by atoms with Gasteiger partial charge in [0.1, 0.15) is 11.1 Å². The number of aryl methyl sites for hydroxylation is 1. The van der Waals surface area contributed by atoms with Crippen molar-refractivity contribution < 1.29 is 0 Å². The maximum absolute atomic E-state index is 9.50. The molecule has 112 valence electrons.